The number of carbonyl (C=O) groups is 1. The van der Waals surface area contributed by atoms with Crippen LogP contribution in [0.5, 0.6) is 0 Å². The molecule has 0 atom stereocenters. The third kappa shape index (κ3) is 4.88. The molecule has 7 nitrogen and oxygen atoms in total. The van der Waals surface area contributed by atoms with Crippen LogP contribution in [0.3, 0.4) is 0 Å². The van der Waals surface area contributed by atoms with E-state index in [1.54, 1.807) is 12.1 Å². The zero-order valence-electron chi connectivity index (χ0n) is 13.6. The number of hydrogen-bond acceptors (Lipinski definition) is 5. The molecular formula is C17H19ClN4O3. The van der Waals surface area contributed by atoms with Gasteiger partial charge < -0.3 is 10.1 Å². The highest BCUT2D eigenvalue weighted by Crippen LogP contribution is 2.17. The van der Waals surface area contributed by atoms with Gasteiger partial charge in [-0.3, -0.25) is 19.4 Å². The van der Waals surface area contributed by atoms with Crippen molar-refractivity contribution in [2.75, 3.05) is 32.7 Å². The van der Waals surface area contributed by atoms with Crippen LogP contribution in [0.2, 0.25) is 5.02 Å². The lowest BCUT2D eigenvalue weighted by atomic mass is 10.2. The van der Waals surface area contributed by atoms with Gasteiger partial charge in [0.05, 0.1) is 12.2 Å². The minimum absolute atomic E-state index is 0.0673. The number of hydrogen-bond donors (Lipinski definition) is 2. The zero-order chi connectivity index (χ0) is 17.8. The number of rotatable bonds is 5. The molecule has 0 radical (unpaired) electrons. The maximum absolute atomic E-state index is 12.0. The van der Waals surface area contributed by atoms with Crippen LogP contribution in [0.1, 0.15) is 5.69 Å². The number of halogens is 1. The van der Waals surface area contributed by atoms with Gasteiger partial charge >= 0.3 is 5.97 Å². The molecule has 1 aromatic carbocycles. The number of carboxylic acid groups (broad SMARTS) is 1. The van der Waals surface area contributed by atoms with Crippen molar-refractivity contribution in [2.45, 2.75) is 6.54 Å². The SMILES string of the molecule is O=C(O)CN1CCN(Cc2cc(=O)[nH]c(-c3ccc(Cl)cc3)n2)CC1. The van der Waals surface area contributed by atoms with E-state index in [2.05, 4.69) is 14.9 Å². The summed E-state index contributed by atoms with van der Waals surface area (Å²) >= 11 is 5.89. The van der Waals surface area contributed by atoms with Crippen molar-refractivity contribution in [3.8, 4) is 11.4 Å². The summed E-state index contributed by atoms with van der Waals surface area (Å²) in [5, 5.41) is 9.47. The molecule has 2 N–H and O–H groups in total. The fourth-order valence-corrected chi connectivity index (χ4v) is 2.99. The Morgan fingerprint density at radius 2 is 1.80 bits per heavy atom. The first-order valence-electron chi connectivity index (χ1n) is 8.02. The van der Waals surface area contributed by atoms with Gasteiger partial charge in [0, 0.05) is 49.4 Å². The van der Waals surface area contributed by atoms with Crippen molar-refractivity contribution in [3.63, 3.8) is 0 Å². The molecular weight excluding hydrogens is 344 g/mol. The second kappa shape index (κ2) is 7.77. The lowest BCUT2D eigenvalue weighted by molar-refractivity contribution is -0.138. The summed E-state index contributed by atoms with van der Waals surface area (Å²) in [6.45, 7) is 3.51. The van der Waals surface area contributed by atoms with E-state index in [9.17, 15) is 9.59 Å². The molecule has 3 rings (SSSR count). The molecule has 132 valence electrons. The lowest BCUT2D eigenvalue weighted by Gasteiger charge is -2.33. The molecule has 8 heteroatoms. The van der Waals surface area contributed by atoms with Crippen molar-refractivity contribution in [1.29, 1.82) is 0 Å². The summed E-state index contributed by atoms with van der Waals surface area (Å²) in [7, 11) is 0. The van der Waals surface area contributed by atoms with E-state index >= 15 is 0 Å². The maximum Gasteiger partial charge on any atom is 0.317 e. The second-order valence-electron chi connectivity index (χ2n) is 6.04. The molecule has 25 heavy (non-hydrogen) atoms. The standard InChI is InChI=1S/C17H19ClN4O3/c18-13-3-1-12(2-4-13)17-19-14(9-15(23)20-17)10-21-5-7-22(8-6-21)11-16(24)25/h1-4,9H,5-8,10-11H2,(H,24,25)(H,19,20,23). The molecule has 1 aromatic heterocycles. The van der Waals surface area contributed by atoms with Crippen LogP contribution < -0.4 is 5.56 Å². The number of aromatic amines is 1. The molecule has 0 unspecified atom stereocenters. The van der Waals surface area contributed by atoms with Crippen molar-refractivity contribution >= 4 is 17.6 Å². The third-order valence-electron chi connectivity index (χ3n) is 4.12. The van der Waals surface area contributed by atoms with E-state index in [0.29, 0.717) is 36.2 Å². The summed E-state index contributed by atoms with van der Waals surface area (Å²) in [6, 6.07) is 8.64. The second-order valence-corrected chi connectivity index (χ2v) is 6.47. The summed E-state index contributed by atoms with van der Waals surface area (Å²) in [4.78, 5) is 34.1. The van der Waals surface area contributed by atoms with E-state index in [4.69, 9.17) is 16.7 Å². The highest BCUT2D eigenvalue weighted by Gasteiger charge is 2.19. The highest BCUT2D eigenvalue weighted by atomic mass is 35.5. The topological polar surface area (TPSA) is 89.5 Å². The van der Waals surface area contributed by atoms with E-state index < -0.39 is 5.97 Å². The van der Waals surface area contributed by atoms with Crippen LogP contribution >= 0.6 is 11.6 Å². The van der Waals surface area contributed by atoms with Gasteiger partial charge in [-0.05, 0) is 24.3 Å². The smallest absolute Gasteiger partial charge is 0.317 e. The zero-order valence-corrected chi connectivity index (χ0v) is 14.4. The van der Waals surface area contributed by atoms with Gasteiger partial charge in [0.2, 0.25) is 0 Å². The molecule has 0 amide bonds. The Balaban J connectivity index is 1.68. The predicted molar refractivity (Wildman–Crippen MR) is 94.7 cm³/mol. The molecule has 1 aliphatic heterocycles. The Bertz CT molecular complexity index is 798. The van der Waals surface area contributed by atoms with Crippen LogP contribution in [0.15, 0.2) is 35.1 Å². The highest BCUT2D eigenvalue weighted by molar-refractivity contribution is 6.30. The summed E-state index contributed by atoms with van der Waals surface area (Å²) < 4.78 is 0. The number of carboxylic acids is 1. The van der Waals surface area contributed by atoms with Crippen LogP contribution in [0.25, 0.3) is 11.4 Å². The predicted octanol–water partition coefficient (Wildman–Crippen LogP) is 1.29. The number of nitrogens with one attached hydrogen (secondary N) is 1. The number of nitrogens with zero attached hydrogens (tertiary/aromatic N) is 3. The maximum atomic E-state index is 12.0. The monoisotopic (exact) mass is 362 g/mol. The van der Waals surface area contributed by atoms with Crippen molar-refractivity contribution in [2.24, 2.45) is 0 Å². The van der Waals surface area contributed by atoms with Crippen LogP contribution in [0.4, 0.5) is 0 Å². The summed E-state index contributed by atoms with van der Waals surface area (Å²) in [5.41, 5.74) is 1.30. The third-order valence-corrected chi connectivity index (χ3v) is 4.37. The Kier molecular flexibility index (Phi) is 5.47. The van der Waals surface area contributed by atoms with E-state index in [1.807, 2.05) is 17.0 Å². The van der Waals surface area contributed by atoms with Gasteiger partial charge in [0.25, 0.3) is 5.56 Å². The van der Waals surface area contributed by atoms with Crippen LogP contribution in [-0.4, -0.2) is 63.6 Å². The minimum Gasteiger partial charge on any atom is -0.480 e. The van der Waals surface area contributed by atoms with Gasteiger partial charge in [0.15, 0.2) is 0 Å². The van der Waals surface area contributed by atoms with Crippen molar-refractivity contribution in [3.05, 3.63) is 51.4 Å². The molecule has 0 bridgehead atoms. The van der Waals surface area contributed by atoms with Gasteiger partial charge in [-0.1, -0.05) is 11.6 Å². The van der Waals surface area contributed by atoms with Gasteiger partial charge in [-0.2, -0.15) is 0 Å². The molecule has 0 saturated carbocycles. The van der Waals surface area contributed by atoms with E-state index in [1.165, 1.54) is 6.07 Å². The molecule has 0 aliphatic carbocycles. The van der Waals surface area contributed by atoms with Gasteiger partial charge in [-0.15, -0.1) is 0 Å². The first kappa shape index (κ1) is 17.6. The molecule has 1 saturated heterocycles. The Labute approximate surface area is 149 Å². The molecule has 1 aliphatic rings. The molecule has 1 fully saturated rings. The molecule has 2 heterocycles. The fourth-order valence-electron chi connectivity index (χ4n) is 2.86. The lowest BCUT2D eigenvalue weighted by Crippen LogP contribution is -2.47. The number of benzene rings is 1. The number of piperazine rings is 1. The average molecular weight is 363 g/mol. The summed E-state index contributed by atoms with van der Waals surface area (Å²) in [6.07, 6.45) is 0. The average Bonchev–Trinajstić information content (AvgIpc) is 2.56. The van der Waals surface area contributed by atoms with Gasteiger partial charge in [-0.25, -0.2) is 4.98 Å². The minimum atomic E-state index is -0.808. The molecule has 2 aromatic rings. The Morgan fingerprint density at radius 1 is 1.16 bits per heavy atom. The normalized spacial score (nSPS) is 16.0. The van der Waals surface area contributed by atoms with E-state index in [-0.39, 0.29) is 12.1 Å². The number of aliphatic carboxylic acids is 1. The first-order chi connectivity index (χ1) is 12.0. The Hall–Kier alpha value is -2.22. The number of aromatic nitrogens is 2. The quantitative estimate of drug-likeness (QED) is 0.833. The van der Waals surface area contributed by atoms with Crippen molar-refractivity contribution < 1.29 is 9.90 Å². The van der Waals surface area contributed by atoms with Gasteiger partial charge in [0.1, 0.15) is 5.82 Å². The van der Waals surface area contributed by atoms with Crippen molar-refractivity contribution in [1.82, 2.24) is 19.8 Å². The first-order valence-corrected chi connectivity index (χ1v) is 8.40. The largest absolute Gasteiger partial charge is 0.480 e. The fraction of sp³-hybridized carbons (Fsp3) is 0.353. The number of H-pyrrole nitrogens is 1. The summed E-state index contributed by atoms with van der Waals surface area (Å²) in [5.74, 6) is -0.291. The Morgan fingerprint density at radius 3 is 2.44 bits per heavy atom. The van der Waals surface area contributed by atoms with E-state index in [0.717, 1.165) is 18.7 Å². The van der Waals surface area contributed by atoms with Crippen LogP contribution in [0, 0.1) is 0 Å². The van der Waals surface area contributed by atoms with Crippen LogP contribution in [-0.2, 0) is 11.3 Å². The molecule has 0 spiro atoms.